The van der Waals surface area contributed by atoms with Crippen LogP contribution in [-0.4, -0.2) is 42.1 Å². The van der Waals surface area contributed by atoms with Gasteiger partial charge in [0.05, 0.1) is 5.75 Å². The average molecular weight is 286 g/mol. The van der Waals surface area contributed by atoms with Gasteiger partial charge in [-0.15, -0.1) is 0 Å². The van der Waals surface area contributed by atoms with Crippen molar-refractivity contribution in [1.29, 1.82) is 0 Å². The zero-order chi connectivity index (χ0) is 13.6. The van der Waals surface area contributed by atoms with Gasteiger partial charge in [0, 0.05) is 19.4 Å². The van der Waals surface area contributed by atoms with E-state index in [9.17, 15) is 21.6 Å². The molecule has 0 amide bonds. The van der Waals surface area contributed by atoms with Crippen molar-refractivity contribution in [2.24, 2.45) is 0 Å². The summed E-state index contributed by atoms with van der Waals surface area (Å²) in [5.41, 5.74) is 0. The van der Waals surface area contributed by atoms with Crippen molar-refractivity contribution in [3.05, 3.63) is 12.2 Å². The summed E-state index contributed by atoms with van der Waals surface area (Å²) in [6.45, 7) is 0.0730. The van der Waals surface area contributed by atoms with Gasteiger partial charge in [0.15, 0.2) is 0 Å². The first-order valence-electron chi connectivity index (χ1n) is 5.17. The summed E-state index contributed by atoms with van der Waals surface area (Å²) in [6.07, 6.45) is -4.28. The molecule has 1 aromatic heterocycles. The maximum absolute atomic E-state index is 11.8. The molecule has 0 fully saturated rings. The normalized spacial score (nSPS) is 12.8. The Balaban J connectivity index is 2.23. The predicted octanol–water partition coefficient (Wildman–Crippen LogP) is 0.609. The van der Waals surface area contributed by atoms with Crippen LogP contribution in [0.4, 0.5) is 13.2 Å². The highest BCUT2D eigenvalue weighted by molar-refractivity contribution is 7.89. The van der Waals surface area contributed by atoms with Crippen LogP contribution in [0, 0.1) is 0 Å². The van der Waals surface area contributed by atoms with Crippen LogP contribution < -0.4 is 4.72 Å². The van der Waals surface area contributed by atoms with E-state index in [0.717, 1.165) is 0 Å². The number of hydrogen-bond donors (Lipinski definition) is 2. The number of hydrogen-bond acceptors (Lipinski definition) is 4. The number of alkyl halides is 3. The summed E-state index contributed by atoms with van der Waals surface area (Å²) in [4.78, 5) is 3.78. The number of rotatable bonds is 7. The molecule has 0 aliphatic rings. The summed E-state index contributed by atoms with van der Waals surface area (Å²) in [5.74, 6) is -0.0314. The number of sulfonamides is 1. The van der Waals surface area contributed by atoms with E-state index in [1.807, 2.05) is 0 Å². The third kappa shape index (κ3) is 6.55. The number of aromatic nitrogens is 3. The standard InChI is InChI=1S/C8H13F3N4O2S/c9-8(10,11)3-1-5-18(16,17)14-4-2-7-12-6-13-15-7/h6,14H,1-5H2,(H,12,13,15). The SMILES string of the molecule is O=S(=O)(CCCC(F)(F)F)NCCc1ncn[nH]1. The van der Waals surface area contributed by atoms with Crippen LogP contribution in [0.15, 0.2) is 6.33 Å². The van der Waals surface area contributed by atoms with Gasteiger partial charge in [0.2, 0.25) is 10.0 Å². The molecule has 1 aromatic rings. The quantitative estimate of drug-likeness (QED) is 0.768. The highest BCUT2D eigenvalue weighted by atomic mass is 32.2. The monoisotopic (exact) mass is 286 g/mol. The number of halogens is 3. The van der Waals surface area contributed by atoms with Crippen molar-refractivity contribution in [2.75, 3.05) is 12.3 Å². The van der Waals surface area contributed by atoms with E-state index in [0.29, 0.717) is 12.2 Å². The van der Waals surface area contributed by atoms with Gasteiger partial charge in [-0.3, -0.25) is 5.10 Å². The third-order valence-electron chi connectivity index (χ3n) is 2.02. The molecule has 0 radical (unpaired) electrons. The first-order valence-corrected chi connectivity index (χ1v) is 6.82. The van der Waals surface area contributed by atoms with Gasteiger partial charge >= 0.3 is 6.18 Å². The second-order valence-electron chi connectivity index (χ2n) is 3.61. The maximum atomic E-state index is 11.8. The molecule has 6 nitrogen and oxygen atoms in total. The van der Waals surface area contributed by atoms with Gasteiger partial charge in [-0.2, -0.15) is 18.3 Å². The first-order chi connectivity index (χ1) is 8.29. The van der Waals surface area contributed by atoms with E-state index in [-0.39, 0.29) is 6.54 Å². The Morgan fingerprint density at radius 1 is 1.39 bits per heavy atom. The number of H-pyrrole nitrogens is 1. The van der Waals surface area contributed by atoms with Gasteiger partial charge in [0.25, 0.3) is 0 Å². The molecule has 1 rings (SSSR count). The highest BCUT2D eigenvalue weighted by Gasteiger charge is 2.27. The molecular formula is C8H13F3N4O2S. The van der Waals surface area contributed by atoms with E-state index in [1.165, 1.54) is 6.33 Å². The molecule has 0 atom stereocenters. The van der Waals surface area contributed by atoms with E-state index >= 15 is 0 Å². The molecule has 0 spiro atoms. The lowest BCUT2D eigenvalue weighted by molar-refractivity contribution is -0.134. The average Bonchev–Trinajstić information content (AvgIpc) is 2.67. The van der Waals surface area contributed by atoms with Gasteiger partial charge in [-0.1, -0.05) is 0 Å². The Kier molecular flexibility index (Phi) is 5.08. The van der Waals surface area contributed by atoms with Crippen LogP contribution in [0.25, 0.3) is 0 Å². The predicted molar refractivity (Wildman–Crippen MR) is 57.2 cm³/mol. The van der Waals surface area contributed by atoms with Crippen molar-refractivity contribution in [2.45, 2.75) is 25.4 Å². The Bertz CT molecular complexity index is 443. The Morgan fingerprint density at radius 3 is 2.67 bits per heavy atom. The highest BCUT2D eigenvalue weighted by Crippen LogP contribution is 2.21. The largest absolute Gasteiger partial charge is 0.389 e. The minimum absolute atomic E-state index is 0.0730. The van der Waals surface area contributed by atoms with E-state index in [4.69, 9.17) is 0 Å². The summed E-state index contributed by atoms with van der Waals surface area (Å²) < 4.78 is 60.3. The molecule has 0 bridgehead atoms. The van der Waals surface area contributed by atoms with Crippen LogP contribution in [-0.2, 0) is 16.4 Å². The molecule has 10 heteroatoms. The third-order valence-corrected chi connectivity index (χ3v) is 3.49. The second kappa shape index (κ2) is 6.14. The van der Waals surface area contributed by atoms with Gasteiger partial charge < -0.3 is 0 Å². The number of nitrogens with zero attached hydrogens (tertiary/aromatic N) is 2. The van der Waals surface area contributed by atoms with Crippen LogP contribution in [0.3, 0.4) is 0 Å². The molecule has 0 aromatic carbocycles. The Hall–Kier alpha value is -1.16. The van der Waals surface area contributed by atoms with Crippen molar-refractivity contribution < 1.29 is 21.6 Å². The van der Waals surface area contributed by atoms with Crippen molar-refractivity contribution in [3.63, 3.8) is 0 Å². The fourth-order valence-corrected chi connectivity index (χ4v) is 2.29. The van der Waals surface area contributed by atoms with Crippen LogP contribution in [0.1, 0.15) is 18.7 Å². The minimum atomic E-state index is -4.32. The zero-order valence-electron chi connectivity index (χ0n) is 9.37. The van der Waals surface area contributed by atoms with Crippen molar-refractivity contribution in [1.82, 2.24) is 19.9 Å². The lowest BCUT2D eigenvalue weighted by atomic mass is 10.3. The fourth-order valence-electron chi connectivity index (χ4n) is 1.21. The Labute approximate surface area is 102 Å². The molecule has 0 aliphatic heterocycles. The second-order valence-corrected chi connectivity index (χ2v) is 5.54. The molecule has 1 heterocycles. The molecule has 0 saturated heterocycles. The van der Waals surface area contributed by atoms with Crippen molar-refractivity contribution in [3.8, 4) is 0 Å². The van der Waals surface area contributed by atoms with E-state index in [2.05, 4.69) is 19.9 Å². The lowest BCUT2D eigenvalue weighted by Crippen LogP contribution is -2.29. The molecular weight excluding hydrogens is 273 g/mol. The summed E-state index contributed by atoms with van der Waals surface area (Å²) in [7, 11) is -3.67. The number of aromatic amines is 1. The van der Waals surface area contributed by atoms with Crippen molar-refractivity contribution >= 4 is 10.0 Å². The minimum Gasteiger partial charge on any atom is -0.263 e. The smallest absolute Gasteiger partial charge is 0.263 e. The molecule has 0 saturated carbocycles. The molecule has 0 aliphatic carbocycles. The molecule has 104 valence electrons. The zero-order valence-corrected chi connectivity index (χ0v) is 10.2. The fraction of sp³-hybridized carbons (Fsp3) is 0.750. The first kappa shape index (κ1) is 14.9. The van der Waals surface area contributed by atoms with Gasteiger partial charge in [-0.25, -0.2) is 18.1 Å². The van der Waals surface area contributed by atoms with E-state index < -0.39 is 34.8 Å². The van der Waals surface area contributed by atoms with Gasteiger partial charge in [0.1, 0.15) is 12.2 Å². The van der Waals surface area contributed by atoms with Gasteiger partial charge in [-0.05, 0) is 6.42 Å². The summed E-state index contributed by atoms with van der Waals surface area (Å²) >= 11 is 0. The van der Waals surface area contributed by atoms with Crippen LogP contribution in [0.5, 0.6) is 0 Å². The number of nitrogens with one attached hydrogen (secondary N) is 2. The molecule has 2 N–H and O–H groups in total. The Morgan fingerprint density at radius 2 is 2.11 bits per heavy atom. The van der Waals surface area contributed by atoms with Crippen LogP contribution >= 0.6 is 0 Å². The lowest BCUT2D eigenvalue weighted by Gasteiger charge is -2.07. The van der Waals surface area contributed by atoms with E-state index in [1.54, 1.807) is 0 Å². The topological polar surface area (TPSA) is 87.7 Å². The molecule has 18 heavy (non-hydrogen) atoms. The summed E-state index contributed by atoms with van der Waals surface area (Å²) in [6, 6.07) is 0. The summed E-state index contributed by atoms with van der Waals surface area (Å²) in [5, 5.41) is 6.12. The molecule has 0 unspecified atom stereocenters. The maximum Gasteiger partial charge on any atom is 0.389 e. The van der Waals surface area contributed by atoms with Crippen LogP contribution in [0.2, 0.25) is 0 Å².